The third kappa shape index (κ3) is 4.92. The van der Waals surface area contributed by atoms with Crippen LogP contribution in [-0.2, 0) is 23.6 Å². The van der Waals surface area contributed by atoms with Gasteiger partial charge in [0, 0.05) is 42.4 Å². The molecule has 1 heterocycles. The fourth-order valence-corrected chi connectivity index (χ4v) is 4.28. The molecule has 0 aliphatic heterocycles. The zero-order chi connectivity index (χ0) is 22.9. The van der Waals surface area contributed by atoms with Crippen LogP contribution in [0.5, 0.6) is 0 Å². The van der Waals surface area contributed by atoms with Crippen LogP contribution in [-0.4, -0.2) is 28.5 Å². The summed E-state index contributed by atoms with van der Waals surface area (Å²) in [6.07, 6.45) is 0.867. The van der Waals surface area contributed by atoms with Gasteiger partial charge in [0.25, 0.3) is 21.4 Å². The van der Waals surface area contributed by atoms with Crippen LogP contribution in [0.15, 0.2) is 52.2 Å². The number of hydrogen-bond acceptors (Lipinski definition) is 6. The first-order valence-electron chi connectivity index (χ1n) is 9.59. The summed E-state index contributed by atoms with van der Waals surface area (Å²) in [7, 11) is -2.74. The first kappa shape index (κ1) is 22.4. The third-order valence-electron chi connectivity index (χ3n) is 5.18. The van der Waals surface area contributed by atoms with Crippen LogP contribution >= 0.6 is 0 Å². The van der Waals surface area contributed by atoms with Gasteiger partial charge in [-0.15, -0.1) is 0 Å². The number of benzene rings is 2. The molecule has 3 aromatic rings. The average Bonchev–Trinajstić information content (AvgIpc) is 2.69. The summed E-state index contributed by atoms with van der Waals surface area (Å²) >= 11 is 0. The lowest BCUT2D eigenvalue weighted by molar-refractivity contribution is -0.384. The van der Waals surface area contributed by atoms with Crippen molar-refractivity contribution in [3.05, 3.63) is 74.1 Å². The zero-order valence-corrected chi connectivity index (χ0v) is 18.1. The fraction of sp³-hybridized carbons (Fsp3) is 0.286. The Kier molecular flexibility index (Phi) is 6.14. The van der Waals surface area contributed by atoms with E-state index in [9.17, 15) is 27.9 Å². The van der Waals surface area contributed by atoms with Gasteiger partial charge in [-0.05, 0) is 44.4 Å². The molecular weight excluding hydrogens is 422 g/mol. The lowest BCUT2D eigenvalue weighted by Gasteiger charge is -2.18. The Morgan fingerprint density at radius 1 is 1.19 bits per heavy atom. The zero-order valence-electron chi connectivity index (χ0n) is 17.3. The molecule has 2 aromatic carbocycles. The second kappa shape index (κ2) is 8.48. The molecule has 0 spiro atoms. The molecule has 0 saturated carbocycles. The molecule has 31 heavy (non-hydrogen) atoms. The van der Waals surface area contributed by atoms with Gasteiger partial charge in [0.1, 0.15) is 0 Å². The molecule has 164 valence electrons. The van der Waals surface area contributed by atoms with E-state index in [1.165, 1.54) is 34.9 Å². The van der Waals surface area contributed by atoms with Crippen LogP contribution in [0, 0.1) is 17.0 Å². The van der Waals surface area contributed by atoms with E-state index in [-0.39, 0.29) is 22.2 Å². The van der Waals surface area contributed by atoms with Gasteiger partial charge in [-0.3, -0.25) is 19.5 Å². The van der Waals surface area contributed by atoms with Gasteiger partial charge in [0.2, 0.25) is 0 Å². The minimum Gasteiger partial charge on any atom is -0.382 e. The summed E-state index contributed by atoms with van der Waals surface area (Å²) in [6, 6.07) is 10.2. The summed E-state index contributed by atoms with van der Waals surface area (Å²) in [5, 5.41) is 14.9. The Labute approximate surface area is 179 Å². The second-order valence-electron chi connectivity index (χ2n) is 7.58. The monoisotopic (exact) mass is 445 g/mol. The average molecular weight is 445 g/mol. The number of aromatic nitrogens is 1. The number of nitro groups is 1. The first-order valence-corrected chi connectivity index (χ1v) is 11.0. The van der Waals surface area contributed by atoms with Crippen molar-refractivity contribution in [3.63, 3.8) is 0 Å². The van der Waals surface area contributed by atoms with Crippen molar-refractivity contribution in [1.82, 2.24) is 4.57 Å². The number of aryl methyl sites for hydroxylation is 3. The summed E-state index contributed by atoms with van der Waals surface area (Å²) in [5.74, 6) is 0. The molecule has 3 rings (SSSR count). The molecule has 10 heteroatoms. The third-order valence-corrected chi connectivity index (χ3v) is 6.14. The van der Waals surface area contributed by atoms with Crippen LogP contribution in [0.2, 0.25) is 0 Å². The molecular formula is C21H23N3O6S. The minimum atomic E-state index is -4.34. The predicted octanol–water partition coefficient (Wildman–Crippen LogP) is 3.44. The molecule has 0 saturated heterocycles. The van der Waals surface area contributed by atoms with Crippen LogP contribution in [0.4, 0.5) is 11.4 Å². The highest BCUT2D eigenvalue weighted by Gasteiger charge is 2.17. The van der Waals surface area contributed by atoms with Crippen molar-refractivity contribution in [2.75, 3.05) is 5.32 Å². The standard InChI is InChI=1S/C21H23N3O6S/c1-13-4-9-20(31(28,29)30)15(10-13)6-5-14(2)22-18-12-21(25)23(3)19-8-7-16(24(26)27)11-17(18)19/h4,7-12,14,22H,5-6H2,1-3H3,(H,28,29,30). The Bertz CT molecular complexity index is 1330. The second-order valence-corrected chi connectivity index (χ2v) is 8.97. The molecule has 0 amide bonds. The topological polar surface area (TPSA) is 132 Å². The van der Waals surface area contributed by atoms with Crippen LogP contribution in [0.25, 0.3) is 10.9 Å². The summed E-state index contributed by atoms with van der Waals surface area (Å²) in [5.41, 5.74) is 2.05. The highest BCUT2D eigenvalue weighted by Crippen LogP contribution is 2.27. The van der Waals surface area contributed by atoms with Crippen molar-refractivity contribution in [3.8, 4) is 0 Å². The molecule has 1 unspecified atom stereocenters. The number of nitrogens with one attached hydrogen (secondary N) is 1. The fourth-order valence-electron chi connectivity index (χ4n) is 3.55. The molecule has 1 aromatic heterocycles. The Hall–Kier alpha value is -3.24. The van der Waals surface area contributed by atoms with Crippen LogP contribution in [0.3, 0.4) is 0 Å². The number of hydrogen-bond donors (Lipinski definition) is 2. The number of anilines is 1. The van der Waals surface area contributed by atoms with Gasteiger partial charge in [0.15, 0.2) is 0 Å². The summed E-state index contributed by atoms with van der Waals surface area (Å²) in [6.45, 7) is 3.70. The molecule has 1 atom stereocenters. The number of nitro benzene ring substituents is 1. The summed E-state index contributed by atoms with van der Waals surface area (Å²) < 4.78 is 34.2. The largest absolute Gasteiger partial charge is 0.382 e. The van der Waals surface area contributed by atoms with Gasteiger partial charge in [-0.25, -0.2) is 0 Å². The van der Waals surface area contributed by atoms with Gasteiger partial charge >= 0.3 is 0 Å². The lowest BCUT2D eigenvalue weighted by atomic mass is 10.0. The minimum absolute atomic E-state index is 0.0839. The van der Waals surface area contributed by atoms with Gasteiger partial charge in [-0.1, -0.05) is 17.7 Å². The normalized spacial score (nSPS) is 12.6. The van der Waals surface area contributed by atoms with Crippen molar-refractivity contribution in [1.29, 1.82) is 0 Å². The van der Waals surface area contributed by atoms with E-state index < -0.39 is 15.0 Å². The Balaban J connectivity index is 1.89. The van der Waals surface area contributed by atoms with E-state index in [1.54, 1.807) is 19.2 Å². The van der Waals surface area contributed by atoms with Crippen molar-refractivity contribution in [2.24, 2.45) is 7.05 Å². The number of non-ortho nitro benzene ring substituents is 1. The molecule has 9 nitrogen and oxygen atoms in total. The smallest absolute Gasteiger partial charge is 0.294 e. The molecule has 0 aliphatic carbocycles. The van der Waals surface area contributed by atoms with E-state index in [0.717, 1.165) is 5.56 Å². The Morgan fingerprint density at radius 2 is 1.90 bits per heavy atom. The van der Waals surface area contributed by atoms with Crippen molar-refractivity contribution < 1.29 is 17.9 Å². The van der Waals surface area contributed by atoms with E-state index in [1.807, 2.05) is 13.8 Å². The maximum Gasteiger partial charge on any atom is 0.294 e. The van der Waals surface area contributed by atoms with Crippen molar-refractivity contribution >= 4 is 32.4 Å². The van der Waals surface area contributed by atoms with Gasteiger partial charge < -0.3 is 9.88 Å². The lowest BCUT2D eigenvalue weighted by Crippen LogP contribution is -2.21. The highest BCUT2D eigenvalue weighted by atomic mass is 32.2. The number of nitrogens with zero attached hydrogens (tertiary/aromatic N) is 2. The molecule has 0 aliphatic rings. The molecule has 0 radical (unpaired) electrons. The van der Waals surface area contributed by atoms with Crippen LogP contribution in [0.1, 0.15) is 24.5 Å². The van der Waals surface area contributed by atoms with E-state index in [4.69, 9.17) is 0 Å². The maximum absolute atomic E-state index is 12.3. The quantitative estimate of drug-likeness (QED) is 0.323. The first-order chi connectivity index (χ1) is 14.5. The number of pyridine rings is 1. The number of rotatable bonds is 7. The predicted molar refractivity (Wildman–Crippen MR) is 118 cm³/mol. The summed E-state index contributed by atoms with van der Waals surface area (Å²) in [4.78, 5) is 22.9. The Morgan fingerprint density at radius 3 is 2.55 bits per heavy atom. The van der Waals surface area contributed by atoms with E-state index in [2.05, 4.69) is 5.32 Å². The SMILES string of the molecule is Cc1ccc(S(=O)(=O)O)c(CCC(C)Nc2cc(=O)n(C)c3ccc([N+](=O)[O-])cc23)c1. The molecule has 2 N–H and O–H groups in total. The van der Waals surface area contributed by atoms with Gasteiger partial charge in [-0.2, -0.15) is 8.42 Å². The van der Waals surface area contributed by atoms with E-state index >= 15 is 0 Å². The van der Waals surface area contributed by atoms with Crippen molar-refractivity contribution in [2.45, 2.75) is 37.6 Å². The molecule has 0 bridgehead atoms. The molecule has 0 fully saturated rings. The maximum atomic E-state index is 12.3. The highest BCUT2D eigenvalue weighted by molar-refractivity contribution is 7.85. The van der Waals surface area contributed by atoms with Gasteiger partial charge in [0.05, 0.1) is 15.3 Å². The van der Waals surface area contributed by atoms with Crippen LogP contribution < -0.4 is 10.9 Å². The number of fused-ring (bicyclic) bond motifs is 1. The van der Waals surface area contributed by atoms with E-state index in [0.29, 0.717) is 35.0 Å².